The van der Waals surface area contributed by atoms with Crippen molar-refractivity contribution < 1.29 is 19.4 Å². The lowest BCUT2D eigenvalue weighted by Crippen LogP contribution is -2.50. The number of nitrogens with zero attached hydrogens (tertiary/aromatic N) is 2. The first-order valence-corrected chi connectivity index (χ1v) is 5.78. The Labute approximate surface area is 110 Å². The van der Waals surface area contributed by atoms with Gasteiger partial charge in [-0.15, -0.1) is 0 Å². The van der Waals surface area contributed by atoms with Crippen LogP contribution in [0.1, 0.15) is 16.8 Å². The normalized spacial score (nSPS) is 22.3. The van der Waals surface area contributed by atoms with E-state index >= 15 is 0 Å². The van der Waals surface area contributed by atoms with Gasteiger partial charge in [-0.25, -0.2) is 9.78 Å². The van der Waals surface area contributed by atoms with Crippen LogP contribution in [-0.2, 0) is 9.53 Å². The van der Waals surface area contributed by atoms with Crippen LogP contribution in [-0.4, -0.2) is 47.8 Å². The van der Waals surface area contributed by atoms with Gasteiger partial charge in [-0.2, -0.15) is 0 Å². The summed E-state index contributed by atoms with van der Waals surface area (Å²) in [5.41, 5.74) is 4.81. The summed E-state index contributed by atoms with van der Waals surface area (Å²) in [5.74, 6) is -1.15. The van der Waals surface area contributed by atoms with Crippen molar-refractivity contribution in [2.45, 2.75) is 12.0 Å². The van der Waals surface area contributed by atoms with Crippen molar-refractivity contribution in [3.05, 3.63) is 23.9 Å². The maximum atomic E-state index is 11.6. The van der Waals surface area contributed by atoms with Crippen LogP contribution in [0.25, 0.3) is 0 Å². The molecule has 2 heterocycles. The van der Waals surface area contributed by atoms with E-state index in [1.807, 2.05) is 0 Å². The van der Waals surface area contributed by atoms with E-state index in [0.717, 1.165) is 0 Å². The van der Waals surface area contributed by atoms with Gasteiger partial charge in [-0.05, 0) is 18.6 Å². The van der Waals surface area contributed by atoms with Crippen molar-refractivity contribution in [2.75, 3.05) is 25.1 Å². The van der Waals surface area contributed by atoms with Crippen LogP contribution < -0.4 is 10.6 Å². The summed E-state index contributed by atoms with van der Waals surface area (Å²) < 4.78 is 4.68. The van der Waals surface area contributed by atoms with E-state index in [4.69, 9.17) is 10.8 Å². The molecule has 1 saturated heterocycles. The number of carbonyl (C=O) groups is 2. The molecule has 0 aliphatic carbocycles. The smallest absolute Gasteiger partial charge is 0.341 e. The minimum Gasteiger partial charge on any atom is -0.480 e. The van der Waals surface area contributed by atoms with Crippen molar-refractivity contribution in [3.63, 3.8) is 0 Å². The average molecular weight is 265 g/mol. The lowest BCUT2D eigenvalue weighted by Gasteiger charge is -2.22. The molecule has 1 aliphatic heterocycles. The number of carbonyl (C=O) groups excluding carboxylic acids is 1. The molecular formula is C12H15N3O4. The molecule has 7 nitrogen and oxygen atoms in total. The van der Waals surface area contributed by atoms with E-state index in [1.54, 1.807) is 23.2 Å². The van der Waals surface area contributed by atoms with Gasteiger partial charge in [0.1, 0.15) is 16.9 Å². The molecule has 102 valence electrons. The second-order valence-corrected chi connectivity index (χ2v) is 4.50. The van der Waals surface area contributed by atoms with Crippen molar-refractivity contribution in [2.24, 2.45) is 5.73 Å². The maximum Gasteiger partial charge on any atom is 0.341 e. The van der Waals surface area contributed by atoms with Gasteiger partial charge in [0.15, 0.2) is 0 Å². The number of aliphatic carboxylic acids is 1. The third-order valence-corrected chi connectivity index (χ3v) is 3.22. The van der Waals surface area contributed by atoms with Gasteiger partial charge in [-0.3, -0.25) is 4.79 Å². The number of hydrogen-bond acceptors (Lipinski definition) is 6. The summed E-state index contributed by atoms with van der Waals surface area (Å²) in [5, 5.41) is 9.10. The Bertz CT molecular complexity index is 519. The number of aromatic nitrogens is 1. The molecule has 1 aromatic rings. The highest BCUT2D eigenvalue weighted by Gasteiger charge is 2.42. The molecule has 1 aromatic heterocycles. The lowest BCUT2D eigenvalue weighted by atomic mass is 10.0. The van der Waals surface area contributed by atoms with E-state index in [1.165, 1.54) is 7.11 Å². The molecule has 0 amide bonds. The number of carboxylic acid groups (broad SMARTS) is 1. The number of rotatable bonds is 3. The van der Waals surface area contributed by atoms with Gasteiger partial charge in [0.25, 0.3) is 0 Å². The first kappa shape index (κ1) is 13.3. The average Bonchev–Trinajstić information content (AvgIpc) is 2.82. The predicted octanol–water partition coefficient (Wildman–Crippen LogP) is -0.140. The molecule has 1 atom stereocenters. The van der Waals surface area contributed by atoms with E-state index in [0.29, 0.717) is 24.3 Å². The van der Waals surface area contributed by atoms with Gasteiger partial charge < -0.3 is 20.5 Å². The molecule has 2 rings (SSSR count). The number of anilines is 1. The number of hydrogen-bond donors (Lipinski definition) is 2. The number of esters is 1. The van der Waals surface area contributed by atoms with Gasteiger partial charge >= 0.3 is 11.9 Å². The second-order valence-electron chi connectivity index (χ2n) is 4.50. The quantitative estimate of drug-likeness (QED) is 0.732. The summed E-state index contributed by atoms with van der Waals surface area (Å²) in [6.45, 7) is 0.549. The van der Waals surface area contributed by atoms with Crippen LogP contribution in [0, 0.1) is 0 Å². The van der Waals surface area contributed by atoms with E-state index in [-0.39, 0.29) is 6.54 Å². The fourth-order valence-corrected chi connectivity index (χ4v) is 2.11. The van der Waals surface area contributed by atoms with Gasteiger partial charge in [0.05, 0.1) is 7.11 Å². The van der Waals surface area contributed by atoms with Crippen molar-refractivity contribution in [1.82, 2.24) is 4.98 Å². The van der Waals surface area contributed by atoms with E-state index in [2.05, 4.69) is 9.72 Å². The number of methoxy groups -OCH3 is 1. The van der Waals surface area contributed by atoms with Crippen molar-refractivity contribution in [1.29, 1.82) is 0 Å². The first-order valence-electron chi connectivity index (χ1n) is 5.78. The number of carboxylic acids is 1. The maximum absolute atomic E-state index is 11.6. The van der Waals surface area contributed by atoms with Crippen LogP contribution >= 0.6 is 0 Å². The largest absolute Gasteiger partial charge is 0.480 e. The summed E-state index contributed by atoms with van der Waals surface area (Å²) in [6, 6.07) is 3.21. The Kier molecular flexibility index (Phi) is 3.39. The van der Waals surface area contributed by atoms with Gasteiger partial charge in [0.2, 0.25) is 0 Å². The number of pyridine rings is 1. The van der Waals surface area contributed by atoms with Crippen LogP contribution in [0.2, 0.25) is 0 Å². The lowest BCUT2D eigenvalue weighted by molar-refractivity contribution is -0.142. The highest BCUT2D eigenvalue weighted by molar-refractivity contribution is 5.95. The molecular weight excluding hydrogens is 250 g/mol. The van der Waals surface area contributed by atoms with Gasteiger partial charge in [-0.1, -0.05) is 0 Å². The Morgan fingerprint density at radius 1 is 1.58 bits per heavy atom. The van der Waals surface area contributed by atoms with Gasteiger partial charge in [0, 0.05) is 19.3 Å². The molecule has 0 bridgehead atoms. The molecule has 0 spiro atoms. The molecule has 1 aliphatic rings. The summed E-state index contributed by atoms with van der Waals surface area (Å²) in [6.07, 6.45) is 1.85. The van der Waals surface area contributed by atoms with Crippen molar-refractivity contribution in [3.8, 4) is 0 Å². The van der Waals surface area contributed by atoms with Crippen LogP contribution in [0.4, 0.5) is 5.82 Å². The van der Waals surface area contributed by atoms with Crippen LogP contribution in [0.5, 0.6) is 0 Å². The van der Waals surface area contributed by atoms with E-state index < -0.39 is 17.5 Å². The predicted molar refractivity (Wildman–Crippen MR) is 67.0 cm³/mol. The minimum absolute atomic E-state index is 0.114. The SMILES string of the molecule is COC(=O)c1cccnc1N1CCC(N)(C(=O)O)C1. The third kappa shape index (κ3) is 2.37. The first-order chi connectivity index (χ1) is 8.98. The topological polar surface area (TPSA) is 106 Å². The fraction of sp³-hybridized carbons (Fsp3) is 0.417. The second kappa shape index (κ2) is 4.85. The van der Waals surface area contributed by atoms with E-state index in [9.17, 15) is 9.59 Å². The summed E-state index contributed by atoms with van der Waals surface area (Å²) >= 11 is 0. The fourth-order valence-electron chi connectivity index (χ4n) is 2.11. The van der Waals surface area contributed by atoms with Crippen LogP contribution in [0.15, 0.2) is 18.3 Å². The molecule has 1 unspecified atom stereocenters. The highest BCUT2D eigenvalue weighted by Crippen LogP contribution is 2.26. The summed E-state index contributed by atoms with van der Waals surface area (Å²) in [7, 11) is 1.29. The van der Waals surface area contributed by atoms with Crippen molar-refractivity contribution >= 4 is 17.8 Å². The monoisotopic (exact) mass is 265 g/mol. The molecule has 0 saturated carbocycles. The molecule has 7 heteroatoms. The Balaban J connectivity index is 2.30. The molecule has 3 N–H and O–H groups in total. The minimum atomic E-state index is -1.30. The molecule has 19 heavy (non-hydrogen) atoms. The van der Waals surface area contributed by atoms with Crippen LogP contribution in [0.3, 0.4) is 0 Å². The molecule has 0 aromatic carbocycles. The number of ether oxygens (including phenoxy) is 1. The summed E-state index contributed by atoms with van der Waals surface area (Å²) in [4.78, 5) is 28.6. The zero-order valence-corrected chi connectivity index (χ0v) is 10.5. The molecule has 1 fully saturated rings. The zero-order valence-electron chi connectivity index (χ0n) is 10.5. The Morgan fingerprint density at radius 2 is 2.32 bits per heavy atom. The highest BCUT2D eigenvalue weighted by atomic mass is 16.5. The standard InChI is InChI=1S/C12H15N3O4/c1-19-10(16)8-3-2-5-14-9(8)15-6-4-12(13,7-15)11(17)18/h2-3,5H,4,6-7,13H2,1H3,(H,17,18). The Morgan fingerprint density at radius 3 is 2.89 bits per heavy atom. The zero-order chi connectivity index (χ0) is 14.0. The third-order valence-electron chi connectivity index (χ3n) is 3.22. The number of nitrogens with two attached hydrogens (primary N) is 1. The Hall–Kier alpha value is -2.15. The molecule has 0 radical (unpaired) electrons.